The van der Waals surface area contributed by atoms with Crippen LogP contribution in [0.25, 0.3) is 11.1 Å². The summed E-state index contributed by atoms with van der Waals surface area (Å²) in [4.78, 5) is 20.1. The van der Waals surface area contributed by atoms with E-state index in [-0.39, 0.29) is 30.0 Å². The zero-order valence-corrected chi connectivity index (χ0v) is 16.4. The summed E-state index contributed by atoms with van der Waals surface area (Å²) in [6.07, 6.45) is 1.50. The van der Waals surface area contributed by atoms with E-state index < -0.39 is 0 Å². The zero-order valence-electron chi connectivity index (χ0n) is 16.4. The Morgan fingerprint density at radius 1 is 1.17 bits per heavy atom. The number of carbonyl (C=O) groups is 1. The molecule has 0 saturated heterocycles. The first kappa shape index (κ1) is 19.4. The first-order valence-electron chi connectivity index (χ1n) is 9.28. The number of hydrogen-bond acceptors (Lipinski definition) is 6. The number of anilines is 1. The summed E-state index contributed by atoms with van der Waals surface area (Å²) in [6, 6.07) is 13.6. The van der Waals surface area contributed by atoms with E-state index >= 15 is 0 Å². The van der Waals surface area contributed by atoms with Gasteiger partial charge in [0, 0.05) is 37.5 Å². The monoisotopic (exact) mass is 406 g/mol. The van der Waals surface area contributed by atoms with E-state index in [0.29, 0.717) is 28.2 Å². The maximum atomic E-state index is 14.0. The molecule has 4 aromatic rings. The summed E-state index contributed by atoms with van der Waals surface area (Å²) >= 11 is 0. The molecule has 152 valence electrons. The van der Waals surface area contributed by atoms with Crippen molar-refractivity contribution in [1.29, 1.82) is 0 Å². The molecule has 1 amide bonds. The smallest absolute Gasteiger partial charge is 0.295 e. The highest BCUT2D eigenvalue weighted by Gasteiger charge is 2.11. The quantitative estimate of drug-likeness (QED) is 0.492. The van der Waals surface area contributed by atoms with E-state index in [4.69, 9.17) is 9.15 Å². The van der Waals surface area contributed by atoms with Gasteiger partial charge in [0.2, 0.25) is 0 Å². The van der Waals surface area contributed by atoms with E-state index in [2.05, 4.69) is 20.6 Å². The fraction of sp³-hybridized carbons (Fsp3) is 0.136. The summed E-state index contributed by atoms with van der Waals surface area (Å²) in [5, 5.41) is 5.54. The van der Waals surface area contributed by atoms with Crippen LogP contribution in [0.1, 0.15) is 21.6 Å². The maximum Gasteiger partial charge on any atom is 0.295 e. The topological polar surface area (TPSA) is 89.3 Å². The third kappa shape index (κ3) is 4.07. The molecule has 2 heterocycles. The highest BCUT2D eigenvalue weighted by molar-refractivity contribution is 5.92. The standard InChI is InChI=1S/C22H19FN4O3/c1-13-4-3-5-17(23)16(13)12-26-22-27-18-7-6-14(11-20(18)30-22)29-15-8-9-25-19(10-15)21(28)24-2/h3-11H,12H2,1-2H3,(H,24,28)(H,26,27). The summed E-state index contributed by atoms with van der Waals surface area (Å²) in [5.41, 5.74) is 2.82. The number of aromatic nitrogens is 2. The van der Waals surface area contributed by atoms with Crippen LogP contribution in [0.2, 0.25) is 0 Å². The number of pyridine rings is 1. The molecule has 0 aliphatic carbocycles. The lowest BCUT2D eigenvalue weighted by Crippen LogP contribution is -2.18. The van der Waals surface area contributed by atoms with E-state index in [0.717, 1.165) is 5.56 Å². The van der Waals surface area contributed by atoms with Gasteiger partial charge in [-0.3, -0.25) is 9.78 Å². The number of ether oxygens (including phenoxy) is 1. The largest absolute Gasteiger partial charge is 0.457 e. The Hall–Kier alpha value is -3.94. The highest BCUT2D eigenvalue weighted by Crippen LogP contribution is 2.28. The van der Waals surface area contributed by atoms with Crippen LogP contribution in [0, 0.1) is 12.7 Å². The minimum Gasteiger partial charge on any atom is -0.457 e. The average Bonchev–Trinajstić information content (AvgIpc) is 3.15. The van der Waals surface area contributed by atoms with Crippen molar-refractivity contribution in [1.82, 2.24) is 15.3 Å². The summed E-state index contributed by atoms with van der Waals surface area (Å²) in [6.45, 7) is 2.11. The summed E-state index contributed by atoms with van der Waals surface area (Å²) < 4.78 is 25.5. The Bertz CT molecular complexity index is 1200. The number of nitrogens with one attached hydrogen (secondary N) is 2. The van der Waals surface area contributed by atoms with Crippen molar-refractivity contribution in [3.05, 3.63) is 77.4 Å². The van der Waals surface area contributed by atoms with Crippen molar-refractivity contribution >= 4 is 23.0 Å². The minimum atomic E-state index is -0.299. The van der Waals surface area contributed by atoms with Crippen molar-refractivity contribution in [3.63, 3.8) is 0 Å². The second-order valence-electron chi connectivity index (χ2n) is 6.60. The molecule has 0 saturated carbocycles. The van der Waals surface area contributed by atoms with E-state index in [1.165, 1.54) is 19.3 Å². The normalized spacial score (nSPS) is 10.8. The fourth-order valence-electron chi connectivity index (χ4n) is 2.96. The van der Waals surface area contributed by atoms with Gasteiger partial charge >= 0.3 is 0 Å². The van der Waals surface area contributed by atoms with Gasteiger partial charge in [-0.25, -0.2) is 4.39 Å². The Kier molecular flexibility index (Phi) is 5.30. The molecule has 0 bridgehead atoms. The van der Waals surface area contributed by atoms with Crippen LogP contribution in [0.5, 0.6) is 11.5 Å². The van der Waals surface area contributed by atoms with Crippen molar-refractivity contribution in [2.45, 2.75) is 13.5 Å². The van der Waals surface area contributed by atoms with Crippen LogP contribution in [0.3, 0.4) is 0 Å². The van der Waals surface area contributed by atoms with Gasteiger partial charge in [0.15, 0.2) is 5.58 Å². The molecule has 2 N–H and O–H groups in total. The van der Waals surface area contributed by atoms with Crippen molar-refractivity contribution in [3.8, 4) is 11.5 Å². The molecular weight excluding hydrogens is 387 g/mol. The molecule has 0 aliphatic heterocycles. The van der Waals surface area contributed by atoms with Crippen LogP contribution >= 0.6 is 0 Å². The number of oxazole rings is 1. The van der Waals surface area contributed by atoms with Gasteiger partial charge < -0.3 is 19.8 Å². The van der Waals surface area contributed by atoms with Gasteiger partial charge in [0.25, 0.3) is 11.9 Å². The number of halogens is 1. The number of amides is 1. The lowest BCUT2D eigenvalue weighted by molar-refractivity contribution is 0.0958. The number of aryl methyl sites for hydroxylation is 1. The molecule has 0 spiro atoms. The molecule has 4 rings (SSSR count). The van der Waals surface area contributed by atoms with Gasteiger partial charge in [-0.1, -0.05) is 12.1 Å². The minimum absolute atomic E-state index is 0.255. The predicted molar refractivity (Wildman–Crippen MR) is 110 cm³/mol. The van der Waals surface area contributed by atoms with Crippen LogP contribution in [-0.2, 0) is 6.54 Å². The first-order chi connectivity index (χ1) is 14.5. The van der Waals surface area contributed by atoms with E-state index in [1.807, 2.05) is 13.0 Å². The van der Waals surface area contributed by atoms with E-state index in [1.54, 1.807) is 36.4 Å². The van der Waals surface area contributed by atoms with Crippen LogP contribution in [0.4, 0.5) is 10.4 Å². The van der Waals surface area contributed by atoms with Crippen LogP contribution in [0.15, 0.2) is 59.1 Å². The zero-order chi connectivity index (χ0) is 21.1. The van der Waals surface area contributed by atoms with Crippen molar-refractivity contribution in [2.75, 3.05) is 12.4 Å². The van der Waals surface area contributed by atoms with Crippen molar-refractivity contribution < 1.29 is 18.3 Å². The predicted octanol–water partition coefficient (Wildman–Crippen LogP) is 4.43. The van der Waals surface area contributed by atoms with E-state index in [9.17, 15) is 9.18 Å². The Morgan fingerprint density at radius 2 is 2.00 bits per heavy atom. The third-order valence-corrected chi connectivity index (χ3v) is 4.56. The molecule has 0 aliphatic rings. The van der Waals surface area contributed by atoms with Crippen LogP contribution in [-0.4, -0.2) is 22.9 Å². The Labute approximate surface area is 171 Å². The summed E-state index contributed by atoms with van der Waals surface area (Å²) in [7, 11) is 1.54. The fourth-order valence-corrected chi connectivity index (χ4v) is 2.96. The van der Waals surface area contributed by atoms with Crippen LogP contribution < -0.4 is 15.4 Å². The van der Waals surface area contributed by atoms with Gasteiger partial charge in [0.1, 0.15) is 28.5 Å². The molecule has 0 atom stereocenters. The number of fused-ring (bicyclic) bond motifs is 1. The van der Waals surface area contributed by atoms with Gasteiger partial charge in [-0.2, -0.15) is 4.98 Å². The highest BCUT2D eigenvalue weighted by atomic mass is 19.1. The van der Waals surface area contributed by atoms with Gasteiger partial charge in [0.05, 0.1) is 0 Å². The first-order valence-corrected chi connectivity index (χ1v) is 9.28. The molecule has 2 aromatic heterocycles. The summed E-state index contributed by atoms with van der Waals surface area (Å²) in [5.74, 6) is 0.412. The third-order valence-electron chi connectivity index (χ3n) is 4.56. The molecule has 0 radical (unpaired) electrons. The Balaban J connectivity index is 1.51. The molecule has 8 heteroatoms. The SMILES string of the molecule is CNC(=O)c1cc(Oc2ccc3nc(NCc4c(C)cccc4F)oc3c2)ccn1. The van der Waals surface area contributed by atoms with Crippen molar-refractivity contribution in [2.24, 2.45) is 0 Å². The van der Waals surface area contributed by atoms with Gasteiger partial charge in [-0.05, 0) is 36.8 Å². The lowest BCUT2D eigenvalue weighted by atomic mass is 10.1. The Morgan fingerprint density at radius 3 is 2.80 bits per heavy atom. The second-order valence-corrected chi connectivity index (χ2v) is 6.60. The second kappa shape index (κ2) is 8.20. The number of carbonyl (C=O) groups excluding carboxylic acids is 1. The molecule has 7 nitrogen and oxygen atoms in total. The maximum absolute atomic E-state index is 14.0. The molecular formula is C22H19FN4O3. The average molecular weight is 406 g/mol. The molecule has 0 unspecified atom stereocenters. The molecule has 30 heavy (non-hydrogen) atoms. The number of nitrogens with zero attached hydrogens (tertiary/aromatic N) is 2. The number of benzene rings is 2. The lowest BCUT2D eigenvalue weighted by Gasteiger charge is -2.07. The van der Waals surface area contributed by atoms with Gasteiger partial charge in [-0.15, -0.1) is 0 Å². The molecule has 2 aromatic carbocycles. The number of hydrogen-bond donors (Lipinski definition) is 2. The number of rotatable bonds is 6. The molecule has 0 fully saturated rings.